The summed E-state index contributed by atoms with van der Waals surface area (Å²) < 4.78 is 3.98. The summed E-state index contributed by atoms with van der Waals surface area (Å²) in [6, 6.07) is 0.685. The Kier molecular flexibility index (Phi) is 3.73. The van der Waals surface area contributed by atoms with Crippen molar-refractivity contribution in [1.82, 2.24) is 19.4 Å². The minimum absolute atomic E-state index is 0.685. The van der Waals surface area contributed by atoms with Gasteiger partial charge in [-0.25, -0.2) is 0 Å². The summed E-state index contributed by atoms with van der Waals surface area (Å²) in [5, 5.41) is 8.40. The monoisotopic (exact) mass is 241 g/mol. The zero-order chi connectivity index (χ0) is 11.5. The molecule has 0 bridgehead atoms. The first kappa shape index (κ1) is 11.8. The van der Waals surface area contributed by atoms with Crippen LogP contribution in [0.1, 0.15) is 12.1 Å². The van der Waals surface area contributed by atoms with Gasteiger partial charge in [-0.1, -0.05) is 4.49 Å². The molecule has 1 aromatic heterocycles. The Morgan fingerprint density at radius 1 is 1.56 bits per heavy atom. The van der Waals surface area contributed by atoms with Gasteiger partial charge < -0.3 is 10.2 Å². The number of likely N-dealkylation sites (tertiary alicyclic amines) is 1. The molecule has 0 aromatic carbocycles. The summed E-state index contributed by atoms with van der Waals surface area (Å²) in [5.74, 6) is 0. The molecule has 0 saturated carbocycles. The van der Waals surface area contributed by atoms with E-state index in [-0.39, 0.29) is 0 Å². The van der Waals surface area contributed by atoms with Crippen molar-refractivity contribution in [2.75, 3.05) is 39.5 Å². The number of nitrogens with one attached hydrogen (secondary N) is 1. The first-order chi connectivity index (χ1) is 7.70. The van der Waals surface area contributed by atoms with Crippen LogP contribution in [-0.4, -0.2) is 59.7 Å². The SMILES string of the molecule is CNc1snnc1CN1CCC(N(C)C)C1. The quantitative estimate of drug-likeness (QED) is 0.841. The van der Waals surface area contributed by atoms with Crippen LogP contribution in [0.15, 0.2) is 0 Å². The van der Waals surface area contributed by atoms with E-state index in [1.54, 1.807) is 0 Å². The van der Waals surface area contributed by atoms with Gasteiger partial charge in [0, 0.05) is 44.3 Å². The van der Waals surface area contributed by atoms with E-state index in [2.05, 4.69) is 38.8 Å². The third-order valence-corrected chi connectivity index (χ3v) is 3.92. The van der Waals surface area contributed by atoms with Gasteiger partial charge in [0.25, 0.3) is 0 Å². The summed E-state index contributed by atoms with van der Waals surface area (Å²) in [5.41, 5.74) is 1.08. The first-order valence-electron chi connectivity index (χ1n) is 5.58. The van der Waals surface area contributed by atoms with Crippen molar-refractivity contribution in [1.29, 1.82) is 0 Å². The van der Waals surface area contributed by atoms with Crippen LogP contribution in [0.25, 0.3) is 0 Å². The summed E-state index contributed by atoms with van der Waals surface area (Å²) in [6.07, 6.45) is 1.25. The Hall–Kier alpha value is -0.720. The van der Waals surface area contributed by atoms with Crippen molar-refractivity contribution in [3.63, 3.8) is 0 Å². The zero-order valence-electron chi connectivity index (χ0n) is 10.1. The maximum Gasteiger partial charge on any atom is 0.134 e. The van der Waals surface area contributed by atoms with Gasteiger partial charge in [0.05, 0.1) is 0 Å². The highest BCUT2D eigenvalue weighted by molar-refractivity contribution is 7.10. The molecular formula is C10H19N5S. The van der Waals surface area contributed by atoms with E-state index in [1.165, 1.54) is 18.0 Å². The number of hydrogen-bond acceptors (Lipinski definition) is 6. The minimum atomic E-state index is 0.685. The highest BCUT2D eigenvalue weighted by Gasteiger charge is 2.25. The number of hydrogen-bond donors (Lipinski definition) is 1. The van der Waals surface area contributed by atoms with Gasteiger partial charge in [-0.05, 0) is 20.5 Å². The van der Waals surface area contributed by atoms with E-state index in [1.807, 2.05) is 7.05 Å². The number of rotatable bonds is 4. The number of nitrogens with zero attached hydrogens (tertiary/aromatic N) is 4. The predicted molar refractivity (Wildman–Crippen MR) is 66.8 cm³/mol. The lowest BCUT2D eigenvalue weighted by molar-refractivity contribution is 0.263. The summed E-state index contributed by atoms with van der Waals surface area (Å²) in [7, 11) is 6.22. The maximum atomic E-state index is 4.17. The molecular weight excluding hydrogens is 222 g/mol. The molecule has 1 fully saturated rings. The fourth-order valence-corrected chi connectivity index (χ4v) is 2.61. The first-order valence-corrected chi connectivity index (χ1v) is 6.36. The standard InChI is InChI=1S/C10H19N5S/c1-11-10-9(12-13-16-10)7-15-5-4-8(6-15)14(2)3/h8,11H,4-7H2,1-3H3. The molecule has 1 aliphatic rings. The van der Waals surface area contributed by atoms with Crippen LogP contribution in [0.2, 0.25) is 0 Å². The Bertz CT molecular complexity index is 338. The molecule has 0 spiro atoms. The molecule has 2 rings (SSSR count). The third-order valence-electron chi connectivity index (χ3n) is 3.13. The lowest BCUT2D eigenvalue weighted by Gasteiger charge is -2.19. The van der Waals surface area contributed by atoms with Crippen LogP contribution in [0.4, 0.5) is 5.00 Å². The van der Waals surface area contributed by atoms with Crippen LogP contribution in [-0.2, 0) is 6.54 Å². The van der Waals surface area contributed by atoms with Gasteiger partial charge in [-0.15, -0.1) is 5.10 Å². The molecule has 90 valence electrons. The molecule has 0 aliphatic carbocycles. The highest BCUT2D eigenvalue weighted by Crippen LogP contribution is 2.21. The Morgan fingerprint density at radius 3 is 3.00 bits per heavy atom. The van der Waals surface area contributed by atoms with Crippen LogP contribution in [0.5, 0.6) is 0 Å². The van der Waals surface area contributed by atoms with Gasteiger partial charge in [-0.3, -0.25) is 4.90 Å². The number of aromatic nitrogens is 2. The second-order valence-electron chi connectivity index (χ2n) is 4.44. The van der Waals surface area contributed by atoms with Gasteiger partial charge in [-0.2, -0.15) is 0 Å². The Labute approximate surface area is 101 Å². The van der Waals surface area contributed by atoms with E-state index in [9.17, 15) is 0 Å². The Morgan fingerprint density at radius 2 is 2.38 bits per heavy atom. The average Bonchev–Trinajstić information content (AvgIpc) is 2.87. The molecule has 1 unspecified atom stereocenters. The fraction of sp³-hybridized carbons (Fsp3) is 0.800. The van der Waals surface area contributed by atoms with Crippen molar-refractivity contribution in [3.05, 3.63) is 5.69 Å². The molecule has 6 heteroatoms. The number of likely N-dealkylation sites (N-methyl/N-ethyl adjacent to an activating group) is 1. The van der Waals surface area contributed by atoms with E-state index in [4.69, 9.17) is 0 Å². The minimum Gasteiger partial charge on any atom is -0.377 e. The van der Waals surface area contributed by atoms with E-state index in [0.717, 1.165) is 30.3 Å². The van der Waals surface area contributed by atoms with Gasteiger partial charge in [0.2, 0.25) is 0 Å². The molecule has 0 radical (unpaired) electrons. The van der Waals surface area contributed by atoms with E-state index < -0.39 is 0 Å². The lowest BCUT2D eigenvalue weighted by atomic mass is 10.2. The molecule has 2 heterocycles. The molecule has 1 aromatic rings. The molecule has 1 aliphatic heterocycles. The molecule has 1 N–H and O–H groups in total. The van der Waals surface area contributed by atoms with Crippen molar-refractivity contribution >= 4 is 16.5 Å². The lowest BCUT2D eigenvalue weighted by Crippen LogP contribution is -2.31. The molecule has 16 heavy (non-hydrogen) atoms. The summed E-state index contributed by atoms with van der Waals surface area (Å²) in [6.45, 7) is 3.20. The summed E-state index contributed by atoms with van der Waals surface area (Å²) in [4.78, 5) is 4.75. The van der Waals surface area contributed by atoms with E-state index in [0.29, 0.717) is 6.04 Å². The van der Waals surface area contributed by atoms with E-state index >= 15 is 0 Å². The largest absolute Gasteiger partial charge is 0.377 e. The van der Waals surface area contributed by atoms with Gasteiger partial charge in [0.15, 0.2) is 0 Å². The third kappa shape index (κ3) is 2.50. The highest BCUT2D eigenvalue weighted by atomic mass is 32.1. The van der Waals surface area contributed by atoms with Gasteiger partial charge in [0.1, 0.15) is 10.7 Å². The smallest absolute Gasteiger partial charge is 0.134 e. The van der Waals surface area contributed by atoms with Crippen molar-refractivity contribution in [2.24, 2.45) is 0 Å². The van der Waals surface area contributed by atoms with Gasteiger partial charge >= 0.3 is 0 Å². The maximum absolute atomic E-state index is 4.17. The van der Waals surface area contributed by atoms with Crippen LogP contribution in [0.3, 0.4) is 0 Å². The molecule has 1 atom stereocenters. The Balaban J connectivity index is 1.92. The zero-order valence-corrected chi connectivity index (χ0v) is 10.9. The predicted octanol–water partition coefficient (Wildman–Crippen LogP) is 0.716. The summed E-state index contributed by atoms with van der Waals surface area (Å²) >= 11 is 1.43. The molecule has 5 nitrogen and oxygen atoms in total. The van der Waals surface area contributed by atoms with Crippen molar-refractivity contribution in [3.8, 4) is 0 Å². The van der Waals surface area contributed by atoms with Crippen molar-refractivity contribution < 1.29 is 0 Å². The second kappa shape index (κ2) is 5.07. The fourth-order valence-electron chi connectivity index (χ4n) is 2.09. The molecule has 1 saturated heterocycles. The van der Waals surface area contributed by atoms with Crippen molar-refractivity contribution in [2.45, 2.75) is 19.0 Å². The normalized spacial score (nSPS) is 21.9. The average molecular weight is 241 g/mol. The van der Waals surface area contributed by atoms with Crippen LogP contribution in [0, 0.1) is 0 Å². The topological polar surface area (TPSA) is 44.3 Å². The number of anilines is 1. The molecule has 0 amide bonds. The van der Waals surface area contributed by atoms with Crippen LogP contribution >= 0.6 is 11.5 Å². The van der Waals surface area contributed by atoms with Crippen LogP contribution < -0.4 is 5.32 Å². The second-order valence-corrected chi connectivity index (χ2v) is 5.19.